The summed E-state index contributed by atoms with van der Waals surface area (Å²) >= 11 is 4.12. The monoisotopic (exact) mass is 206 g/mol. The Morgan fingerprint density at radius 1 is 1.29 bits per heavy atom. The van der Waals surface area contributed by atoms with Gasteiger partial charge in [0, 0.05) is 5.75 Å². The highest BCUT2D eigenvalue weighted by Crippen LogP contribution is 2.05. The zero-order valence-corrected chi connectivity index (χ0v) is 9.58. The van der Waals surface area contributed by atoms with Crippen molar-refractivity contribution in [2.45, 2.75) is 13.3 Å². The smallest absolute Gasteiger partial charge is 0.00857 e. The van der Waals surface area contributed by atoms with Crippen molar-refractivity contribution in [1.82, 2.24) is 0 Å². The number of thiol groups is 1. The van der Waals surface area contributed by atoms with Gasteiger partial charge in [-0.3, -0.25) is 0 Å². The minimum atomic E-state index is 0.771. The number of allylic oxidation sites excluding steroid dienone is 8. The Labute approximate surface area is 92.8 Å². The van der Waals surface area contributed by atoms with Crippen LogP contribution in [0.1, 0.15) is 13.3 Å². The fraction of sp³-hybridized carbons (Fsp3) is 0.231. The maximum absolute atomic E-state index is 4.12. The second-order valence-corrected chi connectivity index (χ2v) is 3.09. The van der Waals surface area contributed by atoms with Gasteiger partial charge in [-0.15, -0.1) is 0 Å². The van der Waals surface area contributed by atoms with Crippen LogP contribution in [0.4, 0.5) is 0 Å². The first kappa shape index (κ1) is 13.1. The molecule has 76 valence electrons. The lowest BCUT2D eigenvalue weighted by molar-refractivity contribution is 1.28. The fourth-order valence-electron chi connectivity index (χ4n) is 0.941. The van der Waals surface area contributed by atoms with Gasteiger partial charge in [-0.2, -0.15) is 12.6 Å². The third-order valence-electron chi connectivity index (χ3n) is 1.56. The van der Waals surface area contributed by atoms with Gasteiger partial charge in [0.25, 0.3) is 0 Å². The van der Waals surface area contributed by atoms with Crippen LogP contribution in [-0.2, 0) is 0 Å². The summed E-state index contributed by atoms with van der Waals surface area (Å²) in [6.07, 6.45) is 17.1. The molecule has 0 spiro atoms. The molecule has 0 bridgehead atoms. The van der Waals surface area contributed by atoms with Crippen molar-refractivity contribution >= 4 is 12.6 Å². The molecule has 0 aliphatic heterocycles. The van der Waals surface area contributed by atoms with E-state index in [0.717, 1.165) is 12.2 Å². The Hall–Kier alpha value is -0.950. The van der Waals surface area contributed by atoms with Crippen molar-refractivity contribution in [3.8, 4) is 0 Å². The number of hydrogen-bond donors (Lipinski definition) is 1. The summed E-state index contributed by atoms with van der Waals surface area (Å²) in [5.74, 6) is 0.771. The molecule has 0 amide bonds. The normalized spacial score (nSPS) is 13.4. The Morgan fingerprint density at radius 3 is 2.64 bits per heavy atom. The molecule has 0 aliphatic carbocycles. The second kappa shape index (κ2) is 10.1. The standard InChI is InChI=1S/C13H18S/c1-3-5-6-7-10-13(9-4-2)11-8-12-14/h3-9,11,14H,2,10,12H2,1H3/b5-3-,7-6-,11-8-,13-9-. The molecule has 0 rings (SSSR count). The summed E-state index contributed by atoms with van der Waals surface area (Å²) in [6, 6.07) is 0. The molecule has 0 aromatic heterocycles. The third-order valence-corrected chi connectivity index (χ3v) is 1.77. The molecule has 0 atom stereocenters. The Balaban J connectivity index is 4.17. The van der Waals surface area contributed by atoms with Gasteiger partial charge in [0.05, 0.1) is 0 Å². The molecule has 0 saturated heterocycles. The van der Waals surface area contributed by atoms with Gasteiger partial charge >= 0.3 is 0 Å². The summed E-state index contributed by atoms with van der Waals surface area (Å²) in [5.41, 5.74) is 1.25. The maximum atomic E-state index is 4.12. The minimum Gasteiger partial charge on any atom is -0.175 e. The Morgan fingerprint density at radius 2 is 2.07 bits per heavy atom. The average Bonchev–Trinajstić information content (AvgIpc) is 2.20. The van der Waals surface area contributed by atoms with Crippen LogP contribution in [0, 0.1) is 0 Å². The van der Waals surface area contributed by atoms with E-state index in [4.69, 9.17) is 0 Å². The van der Waals surface area contributed by atoms with E-state index in [-0.39, 0.29) is 0 Å². The van der Waals surface area contributed by atoms with E-state index in [2.05, 4.69) is 31.4 Å². The van der Waals surface area contributed by atoms with Crippen LogP contribution in [0.2, 0.25) is 0 Å². The van der Waals surface area contributed by atoms with Crippen LogP contribution in [0.15, 0.2) is 60.8 Å². The molecule has 0 N–H and O–H groups in total. The highest BCUT2D eigenvalue weighted by molar-refractivity contribution is 7.80. The van der Waals surface area contributed by atoms with Crippen LogP contribution in [0.25, 0.3) is 0 Å². The molecule has 0 radical (unpaired) electrons. The zero-order chi connectivity index (χ0) is 10.6. The SMILES string of the molecule is C=C/C=C(\C=C/CS)C/C=C\C=C/C. The van der Waals surface area contributed by atoms with Crippen molar-refractivity contribution in [2.24, 2.45) is 0 Å². The number of rotatable bonds is 6. The van der Waals surface area contributed by atoms with E-state index < -0.39 is 0 Å². The van der Waals surface area contributed by atoms with Crippen molar-refractivity contribution in [2.75, 3.05) is 5.75 Å². The molecule has 0 aromatic carbocycles. The maximum Gasteiger partial charge on any atom is 0.00857 e. The first-order valence-electron chi connectivity index (χ1n) is 4.72. The van der Waals surface area contributed by atoms with E-state index in [9.17, 15) is 0 Å². The minimum absolute atomic E-state index is 0.771. The first-order chi connectivity index (χ1) is 6.85. The predicted octanol–water partition coefficient (Wildman–Crippen LogP) is 4.11. The summed E-state index contributed by atoms with van der Waals surface area (Å²) in [6.45, 7) is 5.69. The average molecular weight is 206 g/mol. The van der Waals surface area contributed by atoms with Crippen molar-refractivity contribution in [1.29, 1.82) is 0 Å². The van der Waals surface area contributed by atoms with Crippen LogP contribution < -0.4 is 0 Å². The van der Waals surface area contributed by atoms with Crippen LogP contribution in [0.5, 0.6) is 0 Å². The molecule has 0 nitrogen and oxygen atoms in total. The number of hydrogen-bond acceptors (Lipinski definition) is 1. The van der Waals surface area contributed by atoms with E-state index in [0.29, 0.717) is 0 Å². The van der Waals surface area contributed by atoms with E-state index >= 15 is 0 Å². The van der Waals surface area contributed by atoms with Crippen LogP contribution >= 0.6 is 12.6 Å². The summed E-state index contributed by atoms with van der Waals surface area (Å²) in [5, 5.41) is 0. The van der Waals surface area contributed by atoms with Gasteiger partial charge in [-0.05, 0) is 18.9 Å². The van der Waals surface area contributed by atoms with E-state index in [1.54, 1.807) is 0 Å². The highest BCUT2D eigenvalue weighted by Gasteiger charge is 1.85. The van der Waals surface area contributed by atoms with Gasteiger partial charge in [-0.1, -0.05) is 55.2 Å². The predicted molar refractivity (Wildman–Crippen MR) is 69.8 cm³/mol. The summed E-state index contributed by atoms with van der Waals surface area (Å²) < 4.78 is 0. The lowest BCUT2D eigenvalue weighted by atomic mass is 10.1. The molecule has 14 heavy (non-hydrogen) atoms. The largest absolute Gasteiger partial charge is 0.175 e. The molecule has 1 heteroatoms. The van der Waals surface area contributed by atoms with Gasteiger partial charge in [0.2, 0.25) is 0 Å². The van der Waals surface area contributed by atoms with Crippen molar-refractivity contribution in [3.63, 3.8) is 0 Å². The van der Waals surface area contributed by atoms with Gasteiger partial charge in [-0.25, -0.2) is 0 Å². The van der Waals surface area contributed by atoms with Crippen LogP contribution in [-0.4, -0.2) is 5.75 Å². The van der Waals surface area contributed by atoms with Crippen molar-refractivity contribution in [3.05, 3.63) is 60.8 Å². The molecule has 0 heterocycles. The van der Waals surface area contributed by atoms with Gasteiger partial charge in [0.1, 0.15) is 0 Å². The van der Waals surface area contributed by atoms with Gasteiger partial charge < -0.3 is 0 Å². The van der Waals surface area contributed by atoms with Crippen LogP contribution in [0.3, 0.4) is 0 Å². The highest BCUT2D eigenvalue weighted by atomic mass is 32.1. The molecule has 0 aromatic rings. The fourth-order valence-corrected chi connectivity index (χ4v) is 1.05. The van der Waals surface area contributed by atoms with E-state index in [1.807, 2.05) is 43.4 Å². The van der Waals surface area contributed by atoms with E-state index in [1.165, 1.54) is 5.57 Å². The van der Waals surface area contributed by atoms with Crippen molar-refractivity contribution < 1.29 is 0 Å². The Kier molecular flexibility index (Phi) is 9.45. The topological polar surface area (TPSA) is 0 Å². The lowest BCUT2D eigenvalue weighted by Crippen LogP contribution is -1.75. The third kappa shape index (κ3) is 7.69. The molecular formula is C13H18S. The van der Waals surface area contributed by atoms with Gasteiger partial charge in [0.15, 0.2) is 0 Å². The quantitative estimate of drug-likeness (QED) is 0.491. The molecular weight excluding hydrogens is 188 g/mol. The summed E-state index contributed by atoms with van der Waals surface area (Å²) in [4.78, 5) is 0. The molecule has 0 saturated carbocycles. The Bertz CT molecular complexity index is 254. The lowest BCUT2D eigenvalue weighted by Gasteiger charge is -1.94. The molecule has 0 fully saturated rings. The first-order valence-corrected chi connectivity index (χ1v) is 5.35. The second-order valence-electron chi connectivity index (χ2n) is 2.72. The molecule has 0 aliphatic rings. The molecule has 0 unspecified atom stereocenters. The zero-order valence-electron chi connectivity index (χ0n) is 8.69. The summed E-state index contributed by atoms with van der Waals surface area (Å²) in [7, 11) is 0.